The van der Waals surface area contributed by atoms with Crippen LogP contribution in [-0.4, -0.2) is 16.3 Å². The van der Waals surface area contributed by atoms with Gasteiger partial charge in [0.2, 0.25) is 0 Å². The van der Waals surface area contributed by atoms with Crippen molar-refractivity contribution in [1.82, 2.24) is 15.1 Å². The minimum atomic E-state index is 0.903. The quantitative estimate of drug-likeness (QED) is 0.798. The van der Waals surface area contributed by atoms with Crippen LogP contribution in [0.4, 0.5) is 0 Å². The zero-order chi connectivity index (χ0) is 12.1. The highest BCUT2D eigenvalue weighted by atomic mass is 32.1. The van der Waals surface area contributed by atoms with E-state index in [4.69, 9.17) is 0 Å². The average molecular weight is 249 g/mol. The molecule has 0 spiro atoms. The molecule has 17 heavy (non-hydrogen) atoms. The maximum Gasteiger partial charge on any atom is 0.0597 e. The van der Waals surface area contributed by atoms with E-state index in [1.807, 2.05) is 18.3 Å². The van der Waals surface area contributed by atoms with Crippen molar-refractivity contribution in [1.29, 1.82) is 0 Å². The number of hydrogen-bond donors (Lipinski definition) is 1. The van der Waals surface area contributed by atoms with Crippen LogP contribution in [0.5, 0.6) is 0 Å². The van der Waals surface area contributed by atoms with Crippen LogP contribution >= 0.6 is 11.3 Å². The van der Waals surface area contributed by atoms with Gasteiger partial charge in [0.05, 0.1) is 11.4 Å². The van der Waals surface area contributed by atoms with E-state index in [9.17, 15) is 0 Å². The van der Waals surface area contributed by atoms with Crippen LogP contribution in [0.2, 0.25) is 0 Å². The molecule has 0 saturated heterocycles. The van der Waals surface area contributed by atoms with E-state index in [1.54, 1.807) is 0 Å². The molecule has 2 aromatic rings. The molecule has 0 aliphatic heterocycles. The van der Waals surface area contributed by atoms with Crippen molar-refractivity contribution in [2.24, 2.45) is 0 Å². The lowest BCUT2D eigenvalue weighted by atomic mass is 10.3. The molecule has 2 aromatic heterocycles. The molecular formula is C13H19N3S. The molecule has 0 saturated carbocycles. The van der Waals surface area contributed by atoms with Gasteiger partial charge in [-0.15, -0.1) is 11.3 Å². The zero-order valence-electron chi connectivity index (χ0n) is 10.4. The lowest BCUT2D eigenvalue weighted by molar-refractivity contribution is 0.580. The number of nitrogens with one attached hydrogen (secondary N) is 1. The Kier molecular flexibility index (Phi) is 4.34. The summed E-state index contributed by atoms with van der Waals surface area (Å²) in [5, 5.41) is 10.0. The predicted octanol–water partition coefficient (Wildman–Crippen LogP) is 2.61. The minimum absolute atomic E-state index is 0.903. The van der Waals surface area contributed by atoms with E-state index < -0.39 is 0 Å². The van der Waals surface area contributed by atoms with Crippen LogP contribution in [0.25, 0.3) is 0 Å². The second-order valence-electron chi connectivity index (χ2n) is 4.10. The Hall–Kier alpha value is -1.13. The van der Waals surface area contributed by atoms with E-state index in [0.717, 1.165) is 31.7 Å². The lowest BCUT2D eigenvalue weighted by Crippen LogP contribution is -2.18. The summed E-state index contributed by atoms with van der Waals surface area (Å²) in [5.74, 6) is 0. The van der Waals surface area contributed by atoms with E-state index in [2.05, 4.69) is 45.6 Å². The molecule has 1 N–H and O–H groups in total. The van der Waals surface area contributed by atoms with Crippen molar-refractivity contribution in [3.05, 3.63) is 39.8 Å². The second-order valence-corrected chi connectivity index (χ2v) is 5.13. The SMILES string of the molecule is CCn1nc(C)cc1CNCCc1cccs1. The molecule has 0 aliphatic carbocycles. The third-order valence-corrected chi connectivity index (χ3v) is 3.66. The third-order valence-electron chi connectivity index (χ3n) is 2.72. The Labute approximate surface area is 106 Å². The first-order valence-corrected chi connectivity index (χ1v) is 6.94. The molecule has 0 fully saturated rings. The largest absolute Gasteiger partial charge is 0.311 e. The van der Waals surface area contributed by atoms with Crippen LogP contribution in [0, 0.1) is 6.92 Å². The fourth-order valence-electron chi connectivity index (χ4n) is 1.90. The zero-order valence-corrected chi connectivity index (χ0v) is 11.3. The Morgan fingerprint density at radius 3 is 3.06 bits per heavy atom. The predicted molar refractivity (Wildman–Crippen MR) is 72.4 cm³/mol. The molecule has 0 unspecified atom stereocenters. The summed E-state index contributed by atoms with van der Waals surface area (Å²) in [7, 11) is 0. The minimum Gasteiger partial charge on any atom is -0.311 e. The summed E-state index contributed by atoms with van der Waals surface area (Å²) in [6.45, 7) is 7.03. The summed E-state index contributed by atoms with van der Waals surface area (Å²) in [5.41, 5.74) is 2.37. The highest BCUT2D eigenvalue weighted by Gasteiger charge is 2.03. The van der Waals surface area contributed by atoms with Gasteiger partial charge in [-0.1, -0.05) is 6.07 Å². The highest BCUT2D eigenvalue weighted by Crippen LogP contribution is 2.08. The van der Waals surface area contributed by atoms with Gasteiger partial charge in [-0.25, -0.2) is 0 Å². The Balaban J connectivity index is 1.77. The highest BCUT2D eigenvalue weighted by molar-refractivity contribution is 7.09. The molecule has 0 amide bonds. The topological polar surface area (TPSA) is 29.9 Å². The number of hydrogen-bond acceptors (Lipinski definition) is 3. The van der Waals surface area contributed by atoms with Crippen molar-refractivity contribution in [3.8, 4) is 0 Å². The smallest absolute Gasteiger partial charge is 0.0597 e. The van der Waals surface area contributed by atoms with Gasteiger partial charge < -0.3 is 5.32 Å². The standard InChI is InChI=1S/C13H19N3S/c1-3-16-12(9-11(2)15-16)10-14-7-6-13-5-4-8-17-13/h4-5,8-9,14H,3,6-7,10H2,1-2H3. The lowest BCUT2D eigenvalue weighted by Gasteiger charge is -2.05. The number of nitrogens with zero attached hydrogens (tertiary/aromatic N) is 2. The maximum absolute atomic E-state index is 4.44. The molecule has 2 rings (SSSR count). The first kappa shape index (κ1) is 12.3. The normalized spacial score (nSPS) is 10.9. The second kappa shape index (κ2) is 5.98. The van der Waals surface area contributed by atoms with Gasteiger partial charge in [0, 0.05) is 24.5 Å². The van der Waals surface area contributed by atoms with Gasteiger partial charge in [-0.3, -0.25) is 4.68 Å². The fourth-order valence-corrected chi connectivity index (χ4v) is 2.61. The van der Waals surface area contributed by atoms with Gasteiger partial charge in [0.15, 0.2) is 0 Å². The summed E-state index contributed by atoms with van der Waals surface area (Å²) in [6, 6.07) is 6.45. The van der Waals surface area contributed by atoms with Crippen molar-refractivity contribution in [3.63, 3.8) is 0 Å². The molecule has 0 bridgehead atoms. The molecule has 92 valence electrons. The monoisotopic (exact) mass is 249 g/mol. The maximum atomic E-state index is 4.44. The molecule has 4 heteroatoms. The van der Waals surface area contributed by atoms with Gasteiger partial charge in [-0.2, -0.15) is 5.10 Å². The molecule has 0 atom stereocenters. The molecule has 0 aliphatic rings. The van der Waals surface area contributed by atoms with Crippen LogP contribution in [-0.2, 0) is 19.5 Å². The number of thiophene rings is 1. The summed E-state index contributed by atoms with van der Waals surface area (Å²) >= 11 is 1.82. The van der Waals surface area contributed by atoms with Gasteiger partial charge in [-0.05, 0) is 37.8 Å². The van der Waals surface area contributed by atoms with Crippen LogP contribution in [0.15, 0.2) is 23.6 Å². The van der Waals surface area contributed by atoms with E-state index in [1.165, 1.54) is 10.6 Å². The molecule has 3 nitrogen and oxygen atoms in total. The van der Waals surface area contributed by atoms with Gasteiger partial charge >= 0.3 is 0 Å². The van der Waals surface area contributed by atoms with E-state index >= 15 is 0 Å². The van der Waals surface area contributed by atoms with Crippen LogP contribution in [0.3, 0.4) is 0 Å². The number of aryl methyl sites for hydroxylation is 2. The van der Waals surface area contributed by atoms with Crippen molar-refractivity contribution >= 4 is 11.3 Å². The molecule has 0 aromatic carbocycles. The Morgan fingerprint density at radius 2 is 2.35 bits per heavy atom. The summed E-state index contributed by atoms with van der Waals surface area (Å²) < 4.78 is 2.06. The van der Waals surface area contributed by atoms with E-state index in [-0.39, 0.29) is 0 Å². The van der Waals surface area contributed by atoms with Gasteiger partial charge in [0.25, 0.3) is 0 Å². The molecular weight excluding hydrogens is 230 g/mol. The fraction of sp³-hybridized carbons (Fsp3) is 0.462. The van der Waals surface area contributed by atoms with E-state index in [0.29, 0.717) is 0 Å². The number of aromatic nitrogens is 2. The first-order chi connectivity index (χ1) is 8.29. The van der Waals surface area contributed by atoms with Crippen LogP contribution < -0.4 is 5.32 Å². The third kappa shape index (κ3) is 3.41. The summed E-state index contributed by atoms with van der Waals surface area (Å²) in [6.07, 6.45) is 1.11. The van der Waals surface area contributed by atoms with Crippen LogP contribution in [0.1, 0.15) is 23.2 Å². The Morgan fingerprint density at radius 1 is 1.47 bits per heavy atom. The molecule has 0 radical (unpaired) electrons. The number of rotatable bonds is 6. The van der Waals surface area contributed by atoms with Crippen molar-refractivity contribution in [2.45, 2.75) is 33.4 Å². The Bertz CT molecular complexity index is 445. The average Bonchev–Trinajstić information content (AvgIpc) is 2.93. The summed E-state index contributed by atoms with van der Waals surface area (Å²) in [4.78, 5) is 1.44. The first-order valence-electron chi connectivity index (χ1n) is 6.06. The molecule has 2 heterocycles. The van der Waals surface area contributed by atoms with Crippen molar-refractivity contribution < 1.29 is 0 Å². The van der Waals surface area contributed by atoms with Crippen molar-refractivity contribution in [2.75, 3.05) is 6.54 Å². The van der Waals surface area contributed by atoms with Gasteiger partial charge in [0.1, 0.15) is 0 Å².